The summed E-state index contributed by atoms with van der Waals surface area (Å²) < 4.78 is 13.4. The first-order valence-corrected chi connectivity index (χ1v) is 8.77. The van der Waals surface area contributed by atoms with Crippen LogP contribution in [0.2, 0.25) is 0 Å². The number of carbonyl (C=O) groups is 1. The maximum Gasteiger partial charge on any atom is 0.270 e. The van der Waals surface area contributed by atoms with Gasteiger partial charge in [0, 0.05) is 54.0 Å². The van der Waals surface area contributed by atoms with Gasteiger partial charge >= 0.3 is 0 Å². The number of aromatic nitrogens is 2. The minimum Gasteiger partial charge on any atom is -0.388 e. The van der Waals surface area contributed by atoms with Crippen molar-refractivity contribution in [2.45, 2.75) is 19.3 Å². The van der Waals surface area contributed by atoms with Gasteiger partial charge in [0.05, 0.1) is 0 Å². The number of hydrogen-bond donors (Lipinski definition) is 2. The number of amides is 1. The Labute approximate surface area is 151 Å². The average Bonchev–Trinajstić information content (AvgIpc) is 3.27. The van der Waals surface area contributed by atoms with Gasteiger partial charge in [-0.25, -0.2) is 4.39 Å². The molecule has 2 aromatic heterocycles. The Morgan fingerprint density at radius 3 is 2.96 bits per heavy atom. The van der Waals surface area contributed by atoms with Gasteiger partial charge in [0.2, 0.25) is 0 Å². The summed E-state index contributed by atoms with van der Waals surface area (Å²) in [5.74, 6) is -0.124. The number of rotatable bonds is 3. The predicted octanol–water partition coefficient (Wildman–Crippen LogP) is 3.68. The number of halogens is 1. The molecule has 1 aliphatic heterocycles. The summed E-state index contributed by atoms with van der Waals surface area (Å²) in [6.07, 6.45) is 0.889. The molecule has 0 aliphatic carbocycles. The molecule has 1 aromatic carbocycles. The third-order valence-corrected chi connectivity index (χ3v) is 4.97. The zero-order valence-electron chi connectivity index (χ0n) is 14.8. The highest BCUT2D eigenvalue weighted by molar-refractivity contribution is 5.98. The number of hydrogen-bond acceptors (Lipinski definition) is 3. The van der Waals surface area contributed by atoms with Gasteiger partial charge in [-0.2, -0.15) is 0 Å². The van der Waals surface area contributed by atoms with Gasteiger partial charge in [0.1, 0.15) is 11.5 Å². The van der Waals surface area contributed by atoms with E-state index in [1.807, 2.05) is 24.9 Å². The molecule has 1 amide bonds. The molecule has 1 aliphatic rings. The molecule has 1 fully saturated rings. The molecule has 134 valence electrons. The van der Waals surface area contributed by atoms with Crippen molar-refractivity contribution in [3.8, 4) is 0 Å². The Morgan fingerprint density at radius 1 is 1.31 bits per heavy atom. The van der Waals surface area contributed by atoms with Crippen molar-refractivity contribution in [1.82, 2.24) is 14.9 Å². The van der Waals surface area contributed by atoms with Crippen LogP contribution in [0.1, 0.15) is 34.2 Å². The van der Waals surface area contributed by atoms with E-state index in [9.17, 15) is 9.18 Å². The molecule has 0 spiro atoms. The van der Waals surface area contributed by atoms with Crippen LogP contribution in [0.3, 0.4) is 0 Å². The van der Waals surface area contributed by atoms with Gasteiger partial charge in [-0.3, -0.25) is 9.78 Å². The van der Waals surface area contributed by atoms with Crippen molar-refractivity contribution < 1.29 is 9.18 Å². The molecule has 1 saturated heterocycles. The fourth-order valence-corrected chi connectivity index (χ4v) is 3.62. The summed E-state index contributed by atoms with van der Waals surface area (Å²) >= 11 is 0. The normalized spacial score (nSPS) is 17.0. The van der Waals surface area contributed by atoms with Crippen molar-refractivity contribution in [1.29, 1.82) is 0 Å². The Balaban J connectivity index is 1.54. The van der Waals surface area contributed by atoms with Gasteiger partial charge in [-0.15, -0.1) is 0 Å². The molecule has 0 radical (unpaired) electrons. The Hall–Kier alpha value is -2.89. The molecule has 0 unspecified atom stereocenters. The van der Waals surface area contributed by atoms with Gasteiger partial charge in [-0.1, -0.05) is 0 Å². The van der Waals surface area contributed by atoms with Crippen LogP contribution in [0.15, 0.2) is 36.4 Å². The fourth-order valence-electron chi connectivity index (χ4n) is 3.62. The van der Waals surface area contributed by atoms with Crippen LogP contribution in [0.25, 0.3) is 10.9 Å². The lowest BCUT2D eigenvalue weighted by molar-refractivity contribution is 0.0786. The van der Waals surface area contributed by atoms with Crippen LogP contribution in [0.4, 0.5) is 10.1 Å². The number of anilines is 1. The smallest absolute Gasteiger partial charge is 0.270 e. The molecule has 0 saturated carbocycles. The highest BCUT2D eigenvalue weighted by atomic mass is 19.1. The molecule has 4 rings (SSSR count). The van der Waals surface area contributed by atoms with E-state index in [-0.39, 0.29) is 17.6 Å². The molecule has 2 N–H and O–H groups in total. The van der Waals surface area contributed by atoms with E-state index >= 15 is 0 Å². The summed E-state index contributed by atoms with van der Waals surface area (Å²) in [6.45, 7) is 3.31. The van der Waals surface area contributed by atoms with E-state index in [0.29, 0.717) is 24.2 Å². The molecule has 1 atom stereocenters. The number of aromatic amines is 1. The molecule has 5 nitrogen and oxygen atoms in total. The number of nitrogens with one attached hydrogen (secondary N) is 2. The third kappa shape index (κ3) is 3.03. The highest BCUT2D eigenvalue weighted by Crippen LogP contribution is 2.29. The lowest BCUT2D eigenvalue weighted by atomic mass is 10.0. The molecular formula is C20H21FN4O. The minimum atomic E-state index is -0.303. The Morgan fingerprint density at radius 2 is 2.15 bits per heavy atom. The van der Waals surface area contributed by atoms with Gasteiger partial charge in [0.15, 0.2) is 0 Å². The van der Waals surface area contributed by atoms with Gasteiger partial charge in [-0.05, 0) is 49.7 Å². The van der Waals surface area contributed by atoms with Gasteiger partial charge < -0.3 is 15.2 Å². The Kier molecular flexibility index (Phi) is 4.11. The van der Waals surface area contributed by atoms with Crippen LogP contribution in [-0.2, 0) is 0 Å². The number of H-pyrrole nitrogens is 1. The van der Waals surface area contributed by atoms with Crippen LogP contribution in [0.5, 0.6) is 0 Å². The number of benzene rings is 1. The average molecular weight is 352 g/mol. The number of pyridine rings is 1. The summed E-state index contributed by atoms with van der Waals surface area (Å²) in [7, 11) is 1.89. The monoisotopic (exact) mass is 352 g/mol. The standard InChI is InChI=1S/C20H21FN4O/c1-12-7-16(22-2)10-18(23-12)13-5-6-25(11-13)20(26)19-9-14-8-15(21)3-4-17(14)24-19/h3-4,7-10,13,24H,5-6,11H2,1-2H3,(H,22,23)/t13-/m1/s1. The van der Waals surface area contributed by atoms with E-state index < -0.39 is 0 Å². The number of fused-ring (bicyclic) bond motifs is 1. The third-order valence-electron chi connectivity index (χ3n) is 4.97. The molecule has 6 heteroatoms. The second-order valence-electron chi connectivity index (χ2n) is 6.82. The summed E-state index contributed by atoms with van der Waals surface area (Å²) in [6, 6.07) is 10.3. The van der Waals surface area contributed by atoms with Crippen LogP contribution >= 0.6 is 0 Å². The van der Waals surface area contributed by atoms with Crippen molar-refractivity contribution in [2.24, 2.45) is 0 Å². The fraction of sp³-hybridized carbons (Fsp3) is 0.300. The van der Waals surface area contributed by atoms with E-state index in [2.05, 4.69) is 21.4 Å². The van der Waals surface area contributed by atoms with Crippen molar-refractivity contribution in [3.63, 3.8) is 0 Å². The zero-order chi connectivity index (χ0) is 18.3. The predicted molar refractivity (Wildman–Crippen MR) is 100 cm³/mol. The SMILES string of the molecule is CNc1cc(C)nc([C@@H]2CCN(C(=O)c3cc4cc(F)ccc4[nH]3)C2)c1. The first kappa shape index (κ1) is 16.6. The maximum atomic E-state index is 13.4. The molecule has 3 aromatic rings. The maximum absolute atomic E-state index is 13.4. The molecule has 3 heterocycles. The quantitative estimate of drug-likeness (QED) is 0.756. The molecule has 0 bridgehead atoms. The summed E-state index contributed by atoms with van der Waals surface area (Å²) in [4.78, 5) is 22.4. The van der Waals surface area contributed by atoms with Crippen molar-refractivity contribution in [2.75, 3.05) is 25.5 Å². The topological polar surface area (TPSA) is 61.0 Å². The second kappa shape index (κ2) is 6.44. The lowest BCUT2D eigenvalue weighted by Gasteiger charge is -2.16. The number of likely N-dealkylation sites (tertiary alicyclic amines) is 1. The first-order chi connectivity index (χ1) is 12.5. The summed E-state index contributed by atoms with van der Waals surface area (Å²) in [5.41, 5.74) is 4.29. The number of aryl methyl sites for hydroxylation is 1. The minimum absolute atomic E-state index is 0.0504. The summed E-state index contributed by atoms with van der Waals surface area (Å²) in [5, 5.41) is 3.87. The van der Waals surface area contributed by atoms with Crippen LogP contribution in [0, 0.1) is 12.7 Å². The largest absolute Gasteiger partial charge is 0.388 e. The number of nitrogens with zero attached hydrogens (tertiary/aromatic N) is 2. The van der Waals surface area contributed by atoms with Crippen molar-refractivity contribution >= 4 is 22.5 Å². The van der Waals surface area contributed by atoms with E-state index in [1.165, 1.54) is 12.1 Å². The van der Waals surface area contributed by atoms with Crippen molar-refractivity contribution in [3.05, 3.63) is 59.3 Å². The van der Waals surface area contributed by atoms with Crippen LogP contribution < -0.4 is 5.32 Å². The zero-order valence-corrected chi connectivity index (χ0v) is 14.8. The molecule has 26 heavy (non-hydrogen) atoms. The Bertz CT molecular complexity index is 981. The van der Waals surface area contributed by atoms with E-state index in [0.717, 1.165) is 29.0 Å². The molecular weight excluding hydrogens is 331 g/mol. The van der Waals surface area contributed by atoms with Gasteiger partial charge in [0.25, 0.3) is 5.91 Å². The lowest BCUT2D eigenvalue weighted by Crippen LogP contribution is -2.28. The van der Waals surface area contributed by atoms with E-state index in [4.69, 9.17) is 0 Å². The van der Waals surface area contributed by atoms with Crippen LogP contribution in [-0.4, -0.2) is 40.9 Å². The number of carbonyl (C=O) groups excluding carboxylic acids is 1. The highest BCUT2D eigenvalue weighted by Gasteiger charge is 2.29. The second-order valence-corrected chi connectivity index (χ2v) is 6.82. The van der Waals surface area contributed by atoms with E-state index in [1.54, 1.807) is 12.1 Å². The first-order valence-electron chi connectivity index (χ1n) is 8.77.